The Bertz CT molecular complexity index is 922. The summed E-state index contributed by atoms with van der Waals surface area (Å²) in [6.07, 6.45) is 2.97. The summed E-state index contributed by atoms with van der Waals surface area (Å²) >= 11 is 0. The van der Waals surface area contributed by atoms with Crippen LogP contribution in [0.3, 0.4) is 0 Å². The lowest BCUT2D eigenvalue weighted by Gasteiger charge is -2.18. The van der Waals surface area contributed by atoms with Gasteiger partial charge in [0.05, 0.1) is 11.4 Å². The van der Waals surface area contributed by atoms with Crippen molar-refractivity contribution in [2.24, 2.45) is 0 Å². The van der Waals surface area contributed by atoms with Crippen LogP contribution in [0.5, 0.6) is 5.75 Å². The van der Waals surface area contributed by atoms with Gasteiger partial charge in [-0.05, 0) is 48.0 Å². The summed E-state index contributed by atoms with van der Waals surface area (Å²) in [5.41, 5.74) is 0.709. The first kappa shape index (κ1) is 22.6. The van der Waals surface area contributed by atoms with Crippen LogP contribution >= 0.6 is 0 Å². The van der Waals surface area contributed by atoms with Crippen LogP contribution in [0.1, 0.15) is 19.4 Å². The standard InChI is InChI=1S/C21H25FN2O4S/c1-3-24(4-2)29(26,27)20-12-5-17(6-13-20)7-14-21(25)23-15-16-28-19-10-8-18(22)9-11-19/h5-14H,3-4,15-16H2,1-2H3,(H,23,25)/b14-7+. The third-order valence-electron chi connectivity index (χ3n) is 4.13. The highest BCUT2D eigenvalue weighted by Gasteiger charge is 2.20. The number of carbonyl (C=O) groups excluding carboxylic acids is 1. The molecule has 0 aliphatic carbocycles. The molecule has 2 aromatic rings. The smallest absolute Gasteiger partial charge is 0.244 e. The second-order valence-corrected chi connectivity index (χ2v) is 8.02. The Morgan fingerprint density at radius 2 is 1.69 bits per heavy atom. The molecule has 0 fully saturated rings. The van der Waals surface area contributed by atoms with E-state index in [-0.39, 0.29) is 23.2 Å². The molecular formula is C21H25FN2O4S. The normalized spacial score (nSPS) is 11.7. The molecule has 29 heavy (non-hydrogen) atoms. The van der Waals surface area contributed by atoms with Gasteiger partial charge in [-0.15, -0.1) is 0 Å². The zero-order valence-electron chi connectivity index (χ0n) is 16.5. The van der Waals surface area contributed by atoms with E-state index < -0.39 is 10.0 Å². The van der Waals surface area contributed by atoms with Crippen molar-refractivity contribution < 1.29 is 22.3 Å². The van der Waals surface area contributed by atoms with Crippen LogP contribution in [-0.4, -0.2) is 44.9 Å². The lowest BCUT2D eigenvalue weighted by atomic mass is 10.2. The molecule has 0 bridgehead atoms. The Kier molecular flexibility index (Phi) is 8.35. The summed E-state index contributed by atoms with van der Waals surface area (Å²) < 4.78 is 44.5. The molecule has 2 rings (SSSR count). The van der Waals surface area contributed by atoms with Gasteiger partial charge in [0.25, 0.3) is 0 Å². The van der Waals surface area contributed by atoms with Crippen LogP contribution in [0, 0.1) is 5.82 Å². The maximum atomic E-state index is 12.8. The molecule has 1 N–H and O–H groups in total. The molecule has 0 heterocycles. The zero-order valence-corrected chi connectivity index (χ0v) is 17.3. The number of nitrogens with zero attached hydrogens (tertiary/aromatic N) is 1. The van der Waals surface area contributed by atoms with Gasteiger partial charge in [-0.1, -0.05) is 26.0 Å². The van der Waals surface area contributed by atoms with Crippen LogP contribution < -0.4 is 10.1 Å². The fraction of sp³-hybridized carbons (Fsp3) is 0.286. The molecule has 1 amide bonds. The van der Waals surface area contributed by atoms with E-state index in [1.165, 1.54) is 46.8 Å². The fourth-order valence-corrected chi connectivity index (χ4v) is 4.03. The van der Waals surface area contributed by atoms with Gasteiger partial charge in [0.2, 0.25) is 15.9 Å². The Balaban J connectivity index is 1.83. The van der Waals surface area contributed by atoms with Crippen LogP contribution in [0.25, 0.3) is 6.08 Å². The summed E-state index contributed by atoms with van der Waals surface area (Å²) in [5, 5.41) is 2.67. The first-order valence-electron chi connectivity index (χ1n) is 9.31. The minimum absolute atomic E-state index is 0.223. The Morgan fingerprint density at radius 3 is 2.28 bits per heavy atom. The first-order chi connectivity index (χ1) is 13.9. The fourth-order valence-electron chi connectivity index (χ4n) is 2.57. The largest absolute Gasteiger partial charge is 0.492 e. The van der Waals surface area contributed by atoms with Gasteiger partial charge in [-0.2, -0.15) is 4.31 Å². The number of amides is 1. The SMILES string of the molecule is CCN(CC)S(=O)(=O)c1ccc(/C=C/C(=O)NCCOc2ccc(F)cc2)cc1. The highest BCUT2D eigenvalue weighted by molar-refractivity contribution is 7.89. The monoisotopic (exact) mass is 420 g/mol. The minimum Gasteiger partial charge on any atom is -0.492 e. The number of sulfonamides is 1. The van der Waals surface area contributed by atoms with Crippen molar-refractivity contribution in [3.8, 4) is 5.75 Å². The molecule has 0 unspecified atom stereocenters. The summed E-state index contributed by atoms with van der Waals surface area (Å²) in [5.74, 6) is -0.113. The second kappa shape index (κ2) is 10.7. The van der Waals surface area contributed by atoms with Gasteiger partial charge < -0.3 is 10.1 Å². The molecule has 0 aliphatic heterocycles. The predicted molar refractivity (Wildman–Crippen MR) is 110 cm³/mol. The van der Waals surface area contributed by atoms with Crippen molar-refractivity contribution >= 4 is 22.0 Å². The first-order valence-corrected chi connectivity index (χ1v) is 10.7. The number of rotatable bonds is 10. The summed E-state index contributed by atoms with van der Waals surface area (Å²) in [6, 6.07) is 12.0. The molecule has 156 valence electrons. The quantitative estimate of drug-likeness (QED) is 0.474. The van der Waals surface area contributed by atoms with Gasteiger partial charge in [-0.25, -0.2) is 12.8 Å². The van der Waals surface area contributed by atoms with Crippen molar-refractivity contribution in [1.82, 2.24) is 9.62 Å². The average Bonchev–Trinajstić information content (AvgIpc) is 2.72. The molecule has 6 nitrogen and oxygen atoms in total. The van der Waals surface area contributed by atoms with E-state index in [4.69, 9.17) is 4.74 Å². The van der Waals surface area contributed by atoms with Crippen molar-refractivity contribution in [2.75, 3.05) is 26.2 Å². The predicted octanol–water partition coefficient (Wildman–Crippen LogP) is 3.06. The Labute approximate surface area is 171 Å². The van der Waals surface area contributed by atoms with Crippen molar-refractivity contribution in [3.05, 3.63) is 66.0 Å². The molecule has 0 radical (unpaired) electrons. The number of hydrogen-bond acceptors (Lipinski definition) is 4. The average molecular weight is 421 g/mol. The summed E-state index contributed by atoms with van der Waals surface area (Å²) in [6.45, 7) is 4.95. The van der Waals surface area contributed by atoms with E-state index in [9.17, 15) is 17.6 Å². The van der Waals surface area contributed by atoms with E-state index >= 15 is 0 Å². The maximum Gasteiger partial charge on any atom is 0.244 e. The number of halogens is 1. The van der Waals surface area contributed by atoms with E-state index in [0.717, 1.165) is 0 Å². The van der Waals surface area contributed by atoms with Crippen LogP contribution in [0.2, 0.25) is 0 Å². The van der Waals surface area contributed by atoms with Crippen molar-refractivity contribution in [3.63, 3.8) is 0 Å². The van der Waals surface area contributed by atoms with Crippen LogP contribution in [0.15, 0.2) is 59.5 Å². The number of hydrogen-bond donors (Lipinski definition) is 1. The van der Waals surface area contributed by atoms with Crippen LogP contribution in [0.4, 0.5) is 4.39 Å². The van der Waals surface area contributed by atoms with Gasteiger partial charge >= 0.3 is 0 Å². The van der Waals surface area contributed by atoms with E-state index in [1.807, 2.05) is 0 Å². The molecule has 8 heteroatoms. The molecule has 2 aromatic carbocycles. The van der Waals surface area contributed by atoms with Gasteiger partial charge in [0.1, 0.15) is 18.2 Å². The minimum atomic E-state index is -3.49. The molecule has 0 aromatic heterocycles. The Morgan fingerprint density at radius 1 is 1.07 bits per heavy atom. The Hall–Kier alpha value is -2.71. The summed E-state index contributed by atoms with van der Waals surface area (Å²) in [4.78, 5) is 12.1. The van der Waals surface area contributed by atoms with E-state index in [2.05, 4.69) is 5.32 Å². The number of nitrogens with one attached hydrogen (secondary N) is 1. The van der Waals surface area contributed by atoms with E-state index in [1.54, 1.807) is 32.1 Å². The zero-order chi connectivity index (χ0) is 21.3. The number of carbonyl (C=O) groups is 1. The molecule has 0 saturated carbocycles. The molecule has 0 spiro atoms. The summed E-state index contributed by atoms with van der Waals surface area (Å²) in [7, 11) is -3.49. The van der Waals surface area contributed by atoms with Gasteiger partial charge in [0.15, 0.2) is 0 Å². The van der Waals surface area contributed by atoms with E-state index in [0.29, 0.717) is 30.9 Å². The lowest BCUT2D eigenvalue weighted by Crippen LogP contribution is -2.30. The third-order valence-corrected chi connectivity index (χ3v) is 6.20. The van der Waals surface area contributed by atoms with Crippen LogP contribution in [-0.2, 0) is 14.8 Å². The number of ether oxygens (including phenoxy) is 1. The molecular weight excluding hydrogens is 395 g/mol. The molecule has 0 aliphatic rings. The highest BCUT2D eigenvalue weighted by atomic mass is 32.2. The highest BCUT2D eigenvalue weighted by Crippen LogP contribution is 2.16. The molecule has 0 saturated heterocycles. The topological polar surface area (TPSA) is 75.7 Å². The lowest BCUT2D eigenvalue weighted by molar-refractivity contribution is -0.116. The van der Waals surface area contributed by atoms with Crippen molar-refractivity contribution in [2.45, 2.75) is 18.7 Å². The third kappa shape index (κ3) is 6.69. The second-order valence-electron chi connectivity index (χ2n) is 6.09. The van der Waals surface area contributed by atoms with Gasteiger partial charge in [-0.3, -0.25) is 4.79 Å². The maximum absolute atomic E-state index is 12.8. The molecule has 0 atom stereocenters. The van der Waals surface area contributed by atoms with Gasteiger partial charge in [0, 0.05) is 19.2 Å². The number of benzene rings is 2. The van der Waals surface area contributed by atoms with Crippen molar-refractivity contribution in [1.29, 1.82) is 0 Å².